The van der Waals surface area contributed by atoms with E-state index >= 15 is 0 Å². The molecule has 1 atom stereocenters. The summed E-state index contributed by atoms with van der Waals surface area (Å²) in [5, 5.41) is -0.192. The van der Waals surface area contributed by atoms with Gasteiger partial charge < -0.3 is 9.47 Å². The molecule has 1 aliphatic heterocycles. The Morgan fingerprint density at radius 1 is 1.06 bits per heavy atom. The van der Waals surface area contributed by atoms with Gasteiger partial charge in [-0.25, -0.2) is 13.2 Å². The molecular weight excluding hydrogens is 465 g/mol. The number of halogens is 2. The van der Waals surface area contributed by atoms with Crippen molar-refractivity contribution in [3.63, 3.8) is 0 Å². The summed E-state index contributed by atoms with van der Waals surface area (Å²) < 4.78 is 37.6. The first-order valence-electron chi connectivity index (χ1n) is 9.50. The molecule has 0 aromatic heterocycles. The number of morpholine rings is 1. The van der Waals surface area contributed by atoms with Gasteiger partial charge in [0.15, 0.2) is 6.10 Å². The highest BCUT2D eigenvalue weighted by molar-refractivity contribution is 7.89. The highest BCUT2D eigenvalue weighted by atomic mass is 35.5. The third kappa shape index (κ3) is 5.27. The number of hydrogen-bond donors (Lipinski definition) is 0. The topological polar surface area (TPSA) is 90.0 Å². The molecule has 0 saturated carbocycles. The second-order valence-corrected chi connectivity index (χ2v) is 9.78. The maximum atomic E-state index is 13.0. The minimum absolute atomic E-state index is 0.0779. The summed E-state index contributed by atoms with van der Waals surface area (Å²) in [6.07, 6.45) is -1.10. The Morgan fingerprint density at radius 2 is 1.68 bits per heavy atom. The lowest BCUT2D eigenvalue weighted by Crippen LogP contribution is -2.40. The zero-order valence-electron chi connectivity index (χ0n) is 16.9. The molecule has 2 aromatic carbocycles. The van der Waals surface area contributed by atoms with E-state index in [2.05, 4.69) is 0 Å². The van der Waals surface area contributed by atoms with Gasteiger partial charge in [0.1, 0.15) is 4.90 Å². The molecule has 1 fully saturated rings. The zero-order valence-corrected chi connectivity index (χ0v) is 19.3. The SMILES string of the molecule is Cc1ccc(C(=O)[C@H](C)OC(=O)c2cc(S(=O)(=O)N3CCOCC3)c(Cl)cc2Cl)cc1. The lowest BCUT2D eigenvalue weighted by atomic mass is 10.1. The Kier molecular flexibility index (Phi) is 7.39. The molecular formula is C21H21Cl2NO6S. The first-order valence-corrected chi connectivity index (χ1v) is 11.7. The lowest BCUT2D eigenvalue weighted by molar-refractivity contribution is 0.0318. The zero-order chi connectivity index (χ0) is 22.8. The van der Waals surface area contributed by atoms with E-state index < -0.39 is 22.1 Å². The van der Waals surface area contributed by atoms with Crippen LogP contribution in [-0.2, 0) is 19.5 Å². The number of sulfonamides is 1. The number of Topliss-reactive ketones (excluding diaryl/α,β-unsaturated/α-hetero) is 1. The summed E-state index contributed by atoms with van der Waals surface area (Å²) in [7, 11) is -3.97. The van der Waals surface area contributed by atoms with Gasteiger partial charge in [-0.05, 0) is 26.0 Å². The first kappa shape index (κ1) is 23.7. The third-order valence-electron chi connectivity index (χ3n) is 4.82. The molecule has 1 saturated heterocycles. The van der Waals surface area contributed by atoms with Crippen molar-refractivity contribution >= 4 is 45.0 Å². The van der Waals surface area contributed by atoms with Crippen molar-refractivity contribution in [2.75, 3.05) is 26.3 Å². The van der Waals surface area contributed by atoms with Crippen LogP contribution in [0.2, 0.25) is 10.0 Å². The summed E-state index contributed by atoms with van der Waals surface area (Å²) in [6.45, 7) is 4.19. The largest absolute Gasteiger partial charge is 0.451 e. The third-order valence-corrected chi connectivity index (χ3v) is 7.49. The number of carbonyl (C=O) groups is 2. The van der Waals surface area contributed by atoms with Gasteiger partial charge in [-0.15, -0.1) is 0 Å². The number of ketones is 1. The predicted octanol–water partition coefficient (Wildman–Crippen LogP) is 3.75. The van der Waals surface area contributed by atoms with E-state index in [9.17, 15) is 18.0 Å². The monoisotopic (exact) mass is 485 g/mol. The van der Waals surface area contributed by atoms with Crippen molar-refractivity contribution in [2.24, 2.45) is 0 Å². The van der Waals surface area contributed by atoms with Gasteiger partial charge in [-0.3, -0.25) is 4.79 Å². The van der Waals surface area contributed by atoms with Gasteiger partial charge in [-0.2, -0.15) is 4.31 Å². The normalized spacial score (nSPS) is 16.0. The number of hydrogen-bond acceptors (Lipinski definition) is 6. The van der Waals surface area contributed by atoms with Gasteiger partial charge in [0.2, 0.25) is 15.8 Å². The molecule has 0 spiro atoms. The quantitative estimate of drug-likeness (QED) is 0.457. The summed E-state index contributed by atoms with van der Waals surface area (Å²) in [6, 6.07) is 9.11. The molecule has 2 aromatic rings. The molecule has 3 rings (SSSR count). The molecule has 0 radical (unpaired) electrons. The maximum Gasteiger partial charge on any atom is 0.340 e. The van der Waals surface area contributed by atoms with Crippen molar-refractivity contribution in [1.82, 2.24) is 4.31 Å². The van der Waals surface area contributed by atoms with E-state index in [0.29, 0.717) is 5.56 Å². The molecule has 0 unspecified atom stereocenters. The van der Waals surface area contributed by atoms with Crippen molar-refractivity contribution in [3.05, 3.63) is 63.1 Å². The fraction of sp³-hybridized carbons (Fsp3) is 0.333. The summed E-state index contributed by atoms with van der Waals surface area (Å²) in [5.41, 5.74) is 1.19. The average molecular weight is 486 g/mol. The molecule has 10 heteroatoms. The van der Waals surface area contributed by atoms with Gasteiger partial charge in [0.05, 0.1) is 28.8 Å². The van der Waals surface area contributed by atoms with Crippen LogP contribution in [0.4, 0.5) is 0 Å². The average Bonchev–Trinajstić information content (AvgIpc) is 2.74. The van der Waals surface area contributed by atoms with E-state index in [0.717, 1.165) is 11.6 Å². The maximum absolute atomic E-state index is 13.0. The van der Waals surface area contributed by atoms with E-state index in [1.807, 2.05) is 6.92 Å². The molecule has 7 nitrogen and oxygen atoms in total. The highest BCUT2D eigenvalue weighted by Gasteiger charge is 2.31. The molecule has 31 heavy (non-hydrogen) atoms. The van der Waals surface area contributed by atoms with Crippen LogP contribution in [0.15, 0.2) is 41.3 Å². The van der Waals surface area contributed by atoms with Crippen molar-refractivity contribution < 1.29 is 27.5 Å². The van der Waals surface area contributed by atoms with E-state index in [1.165, 1.54) is 17.3 Å². The Morgan fingerprint density at radius 3 is 2.29 bits per heavy atom. The molecule has 166 valence electrons. The van der Waals surface area contributed by atoms with Crippen molar-refractivity contribution in [3.8, 4) is 0 Å². The van der Waals surface area contributed by atoms with Crippen LogP contribution < -0.4 is 0 Å². The standard InChI is InChI=1S/C21H21Cl2NO6S/c1-13-3-5-15(6-4-13)20(25)14(2)30-21(26)16-11-19(18(23)12-17(16)22)31(27,28)24-7-9-29-10-8-24/h3-6,11-12,14H,7-10H2,1-2H3/t14-/m0/s1. The smallest absolute Gasteiger partial charge is 0.340 e. The Balaban J connectivity index is 1.84. The van der Waals surface area contributed by atoms with E-state index in [-0.39, 0.29) is 52.6 Å². The van der Waals surface area contributed by atoms with Crippen molar-refractivity contribution in [1.29, 1.82) is 0 Å². The number of ether oxygens (including phenoxy) is 2. The summed E-state index contributed by atoms with van der Waals surface area (Å²) in [5.74, 6) is -1.31. The highest BCUT2D eigenvalue weighted by Crippen LogP contribution is 2.31. The fourth-order valence-corrected chi connectivity index (χ4v) is 5.27. The number of aryl methyl sites for hydroxylation is 1. The fourth-order valence-electron chi connectivity index (χ4n) is 3.04. The molecule has 0 N–H and O–H groups in total. The number of nitrogens with zero attached hydrogens (tertiary/aromatic N) is 1. The minimum atomic E-state index is -3.97. The first-order chi connectivity index (χ1) is 14.6. The van der Waals surface area contributed by atoms with Crippen LogP contribution in [0.3, 0.4) is 0 Å². The van der Waals surface area contributed by atoms with Crippen molar-refractivity contribution in [2.45, 2.75) is 24.8 Å². The van der Waals surface area contributed by atoms with Crippen LogP contribution in [0.25, 0.3) is 0 Å². The summed E-state index contributed by atoms with van der Waals surface area (Å²) >= 11 is 12.3. The molecule has 1 aliphatic rings. The van der Waals surface area contributed by atoms with E-state index in [4.69, 9.17) is 32.7 Å². The molecule has 1 heterocycles. The van der Waals surface area contributed by atoms with Gasteiger partial charge in [-0.1, -0.05) is 53.0 Å². The lowest BCUT2D eigenvalue weighted by Gasteiger charge is -2.26. The molecule has 0 bridgehead atoms. The Labute approximate surface area is 190 Å². The second-order valence-electron chi connectivity index (χ2n) is 7.06. The van der Waals surface area contributed by atoms with Crippen LogP contribution in [-0.4, -0.2) is 56.9 Å². The van der Waals surface area contributed by atoms with Crippen LogP contribution in [0.5, 0.6) is 0 Å². The second kappa shape index (κ2) is 9.67. The number of rotatable bonds is 6. The number of esters is 1. The molecule has 0 amide bonds. The van der Waals surface area contributed by atoms with Crippen LogP contribution in [0.1, 0.15) is 33.2 Å². The van der Waals surface area contributed by atoms with Gasteiger partial charge in [0.25, 0.3) is 0 Å². The van der Waals surface area contributed by atoms with Gasteiger partial charge in [0, 0.05) is 18.7 Å². The summed E-state index contributed by atoms with van der Waals surface area (Å²) in [4.78, 5) is 25.0. The van der Waals surface area contributed by atoms with Gasteiger partial charge >= 0.3 is 5.97 Å². The number of benzene rings is 2. The minimum Gasteiger partial charge on any atom is -0.451 e. The number of carbonyl (C=O) groups excluding carboxylic acids is 2. The van der Waals surface area contributed by atoms with E-state index in [1.54, 1.807) is 24.3 Å². The Bertz CT molecular complexity index is 1100. The molecule has 0 aliphatic carbocycles. The van der Waals surface area contributed by atoms with Crippen LogP contribution in [0, 0.1) is 6.92 Å². The predicted molar refractivity (Wildman–Crippen MR) is 116 cm³/mol. The van der Waals surface area contributed by atoms with Crippen LogP contribution >= 0.6 is 23.2 Å². The Hall–Kier alpha value is -1.97.